The molecule has 0 aromatic heterocycles. The van der Waals surface area contributed by atoms with E-state index in [4.69, 9.17) is 14.2 Å². The molecule has 0 aliphatic carbocycles. The van der Waals surface area contributed by atoms with Crippen LogP contribution in [0.4, 0.5) is 28.0 Å². The highest BCUT2D eigenvalue weighted by Gasteiger charge is 2.39. The molecule has 214 valence electrons. The highest BCUT2D eigenvalue weighted by molar-refractivity contribution is 5.98. The Kier molecular flexibility index (Phi) is 9.15. The second-order valence-electron chi connectivity index (χ2n) is 11.0. The summed E-state index contributed by atoms with van der Waals surface area (Å²) in [4.78, 5) is 27.9. The number of carbonyl (C=O) groups is 2. The van der Waals surface area contributed by atoms with E-state index in [2.05, 4.69) is 5.32 Å². The van der Waals surface area contributed by atoms with E-state index in [0.717, 1.165) is 17.7 Å². The third-order valence-electron chi connectivity index (χ3n) is 6.15. The number of methoxy groups -OCH3 is 1. The zero-order valence-electron chi connectivity index (χ0n) is 22.9. The summed E-state index contributed by atoms with van der Waals surface area (Å²) in [7, 11) is 1.51. The number of nitrogens with one attached hydrogen (secondary N) is 1. The molecule has 0 bridgehead atoms. The van der Waals surface area contributed by atoms with Crippen molar-refractivity contribution in [2.24, 2.45) is 0 Å². The van der Waals surface area contributed by atoms with Crippen LogP contribution in [0.3, 0.4) is 0 Å². The van der Waals surface area contributed by atoms with Crippen molar-refractivity contribution in [2.45, 2.75) is 64.5 Å². The number of rotatable bonds is 8. The van der Waals surface area contributed by atoms with Crippen LogP contribution < -0.4 is 10.1 Å². The second-order valence-corrected chi connectivity index (χ2v) is 11.0. The van der Waals surface area contributed by atoms with Crippen molar-refractivity contribution in [3.63, 3.8) is 0 Å². The van der Waals surface area contributed by atoms with E-state index < -0.39 is 53.7 Å². The van der Waals surface area contributed by atoms with Crippen molar-refractivity contribution in [1.82, 2.24) is 4.90 Å². The number of fused-ring (bicyclic) bond motifs is 1. The second kappa shape index (κ2) is 11.8. The van der Waals surface area contributed by atoms with Gasteiger partial charge in [-0.3, -0.25) is 9.69 Å². The van der Waals surface area contributed by atoms with Gasteiger partial charge in [0.05, 0.1) is 13.7 Å². The first-order valence-electron chi connectivity index (χ1n) is 12.5. The summed E-state index contributed by atoms with van der Waals surface area (Å²) in [5.74, 6) is -2.07. The number of halogens is 4. The average molecular weight is 555 g/mol. The van der Waals surface area contributed by atoms with Gasteiger partial charge in [-0.25, -0.2) is 22.4 Å². The predicted molar refractivity (Wildman–Crippen MR) is 137 cm³/mol. The van der Waals surface area contributed by atoms with Gasteiger partial charge in [0.1, 0.15) is 35.6 Å². The normalized spacial score (nSPS) is 15.7. The first-order chi connectivity index (χ1) is 18.1. The quantitative estimate of drug-likeness (QED) is 0.405. The molecule has 1 atom stereocenters. The molecule has 39 heavy (non-hydrogen) atoms. The molecule has 1 aliphatic rings. The van der Waals surface area contributed by atoms with Crippen LogP contribution in [0, 0.1) is 11.6 Å². The summed E-state index contributed by atoms with van der Waals surface area (Å²) < 4.78 is 70.8. The number of anilines is 1. The molecule has 2 aromatic rings. The highest BCUT2D eigenvalue weighted by atomic mass is 19.3. The van der Waals surface area contributed by atoms with E-state index in [9.17, 15) is 18.4 Å². The van der Waals surface area contributed by atoms with E-state index in [1.165, 1.54) is 25.9 Å². The number of hydrogen-bond donors (Lipinski definition) is 1. The first-order valence-corrected chi connectivity index (χ1v) is 12.5. The van der Waals surface area contributed by atoms with Gasteiger partial charge in [0.25, 0.3) is 12.3 Å². The molecule has 1 aliphatic heterocycles. The molecule has 3 rings (SSSR count). The van der Waals surface area contributed by atoms with Gasteiger partial charge in [-0.05, 0) is 62.6 Å². The maximum Gasteiger partial charge on any atom is 0.411 e. The third kappa shape index (κ3) is 7.40. The maximum absolute atomic E-state index is 15.1. The minimum absolute atomic E-state index is 0.168. The fraction of sp³-hybridized carbons (Fsp3) is 0.500. The summed E-state index contributed by atoms with van der Waals surface area (Å²) >= 11 is 0. The molecule has 7 nitrogen and oxygen atoms in total. The van der Waals surface area contributed by atoms with Gasteiger partial charge in [-0.15, -0.1) is 0 Å². The molecule has 0 unspecified atom stereocenters. The Morgan fingerprint density at radius 2 is 1.72 bits per heavy atom. The van der Waals surface area contributed by atoms with Gasteiger partial charge < -0.3 is 19.5 Å². The molecule has 0 spiro atoms. The predicted octanol–water partition coefficient (Wildman–Crippen LogP) is 6.01. The van der Waals surface area contributed by atoms with Gasteiger partial charge in [0, 0.05) is 23.2 Å². The molecule has 0 saturated heterocycles. The summed E-state index contributed by atoms with van der Waals surface area (Å²) in [6, 6.07) is 5.85. The number of nitrogens with zero attached hydrogens (tertiary/aromatic N) is 1. The van der Waals surface area contributed by atoms with Crippen molar-refractivity contribution in [3.05, 3.63) is 58.7 Å². The van der Waals surface area contributed by atoms with Crippen LogP contribution in [0.5, 0.6) is 5.75 Å². The van der Waals surface area contributed by atoms with E-state index >= 15 is 8.78 Å². The zero-order chi connectivity index (χ0) is 29.1. The van der Waals surface area contributed by atoms with Crippen LogP contribution in [-0.4, -0.2) is 55.8 Å². The third-order valence-corrected chi connectivity index (χ3v) is 6.15. The van der Waals surface area contributed by atoms with Crippen molar-refractivity contribution >= 4 is 17.7 Å². The van der Waals surface area contributed by atoms with Crippen molar-refractivity contribution < 1.29 is 41.4 Å². The first kappa shape index (κ1) is 30.2. The Labute approximate surface area is 225 Å². The van der Waals surface area contributed by atoms with E-state index in [-0.39, 0.29) is 24.4 Å². The molecule has 2 aromatic carbocycles. The van der Waals surface area contributed by atoms with Crippen LogP contribution in [0.1, 0.15) is 57.4 Å². The molecular formula is C28H34F4N2O5. The largest absolute Gasteiger partial charge is 0.497 e. The Morgan fingerprint density at radius 3 is 2.28 bits per heavy atom. The van der Waals surface area contributed by atoms with Crippen LogP contribution in [0.2, 0.25) is 0 Å². The van der Waals surface area contributed by atoms with Crippen LogP contribution >= 0.6 is 0 Å². The van der Waals surface area contributed by atoms with Crippen LogP contribution in [0.15, 0.2) is 30.3 Å². The van der Waals surface area contributed by atoms with Crippen molar-refractivity contribution in [1.29, 1.82) is 0 Å². The Bertz CT molecular complexity index is 1190. The molecule has 0 saturated carbocycles. The SMILES string of the molecule is COc1ccc2c(c1)CCN(C(=O)OC(C)(C)C)[C@@H]2C(=O)Nc1cc(F)c(C(C)(C)COCC(F)F)c(F)c1. The van der Waals surface area contributed by atoms with Crippen molar-refractivity contribution in [2.75, 3.05) is 32.2 Å². The van der Waals surface area contributed by atoms with Crippen molar-refractivity contribution in [3.8, 4) is 5.75 Å². The van der Waals surface area contributed by atoms with Crippen LogP contribution in [-0.2, 0) is 26.1 Å². The summed E-state index contributed by atoms with van der Waals surface area (Å²) in [6.07, 6.45) is -2.97. The Balaban J connectivity index is 1.91. The lowest BCUT2D eigenvalue weighted by Gasteiger charge is -2.37. The number of carbonyl (C=O) groups excluding carboxylic acids is 2. The van der Waals surface area contributed by atoms with Gasteiger partial charge in [-0.1, -0.05) is 19.9 Å². The monoisotopic (exact) mass is 554 g/mol. The van der Waals surface area contributed by atoms with E-state index in [1.54, 1.807) is 39.0 Å². The molecular weight excluding hydrogens is 520 g/mol. The minimum Gasteiger partial charge on any atom is -0.497 e. The Morgan fingerprint density at radius 1 is 1.08 bits per heavy atom. The fourth-order valence-corrected chi connectivity index (χ4v) is 4.51. The topological polar surface area (TPSA) is 77.1 Å². The number of hydrogen-bond acceptors (Lipinski definition) is 5. The lowest BCUT2D eigenvalue weighted by molar-refractivity contribution is -0.122. The number of amides is 2. The maximum atomic E-state index is 15.1. The summed E-state index contributed by atoms with van der Waals surface area (Å²) in [5, 5.41) is 2.52. The molecule has 1 heterocycles. The number of alkyl halides is 2. The summed E-state index contributed by atoms with van der Waals surface area (Å²) in [5.41, 5.74) is -1.30. The molecule has 0 radical (unpaired) electrons. The molecule has 1 N–H and O–H groups in total. The van der Waals surface area contributed by atoms with Crippen LogP contribution in [0.25, 0.3) is 0 Å². The van der Waals surface area contributed by atoms with E-state index in [1.807, 2.05) is 0 Å². The highest BCUT2D eigenvalue weighted by Crippen LogP contribution is 2.35. The molecule has 2 amide bonds. The lowest BCUT2D eigenvalue weighted by atomic mass is 9.84. The van der Waals surface area contributed by atoms with Gasteiger partial charge >= 0.3 is 6.09 Å². The molecule has 0 fully saturated rings. The van der Waals surface area contributed by atoms with Gasteiger partial charge in [-0.2, -0.15) is 0 Å². The Hall–Kier alpha value is -3.34. The van der Waals surface area contributed by atoms with E-state index in [0.29, 0.717) is 17.7 Å². The summed E-state index contributed by atoms with van der Waals surface area (Å²) in [6.45, 7) is 7.01. The van der Waals surface area contributed by atoms with Gasteiger partial charge in [0.15, 0.2) is 0 Å². The zero-order valence-corrected chi connectivity index (χ0v) is 22.9. The lowest BCUT2D eigenvalue weighted by Crippen LogP contribution is -2.47. The number of benzene rings is 2. The molecule has 11 heteroatoms. The average Bonchev–Trinajstić information content (AvgIpc) is 2.80. The fourth-order valence-electron chi connectivity index (χ4n) is 4.51. The standard InChI is InChI=1S/C28H34F4N2O5/c1-27(2,3)39-26(36)34-10-9-16-11-18(37-6)7-8-19(16)24(34)25(35)33-17-12-20(29)23(21(30)13-17)28(4,5)15-38-14-22(31)32/h7-8,11-13,22,24H,9-10,14-15H2,1-6H3,(H,33,35)/t24-/m0/s1. The minimum atomic E-state index is -2.71. The smallest absolute Gasteiger partial charge is 0.411 e. The van der Waals surface area contributed by atoms with Gasteiger partial charge in [0.2, 0.25) is 0 Å². The number of ether oxygens (including phenoxy) is 3.